The van der Waals surface area contributed by atoms with Crippen LogP contribution in [-0.2, 0) is 9.53 Å². The van der Waals surface area contributed by atoms with E-state index in [1.54, 1.807) is 36.4 Å². The first-order valence-electron chi connectivity index (χ1n) is 13.0. The Balaban J connectivity index is 1.36. The number of halogens is 2. The van der Waals surface area contributed by atoms with E-state index in [0.717, 1.165) is 24.5 Å². The number of aromatic nitrogens is 1. The predicted molar refractivity (Wildman–Crippen MR) is 153 cm³/mol. The second-order valence-electron chi connectivity index (χ2n) is 11.5. The maximum atomic E-state index is 14.9. The van der Waals surface area contributed by atoms with Crippen molar-refractivity contribution in [3.8, 4) is 28.0 Å². The first-order valence-corrected chi connectivity index (χ1v) is 13.4. The van der Waals surface area contributed by atoms with Gasteiger partial charge in [-0.1, -0.05) is 17.7 Å². The topological polar surface area (TPSA) is 84.0 Å². The Morgan fingerprint density at radius 2 is 1.68 bits per heavy atom. The van der Waals surface area contributed by atoms with Gasteiger partial charge in [-0.2, -0.15) is 0 Å². The van der Waals surface area contributed by atoms with E-state index in [-0.39, 0.29) is 17.4 Å². The molecule has 40 heavy (non-hydrogen) atoms. The first kappa shape index (κ1) is 27.7. The molecule has 0 atom stereocenters. The third-order valence-electron chi connectivity index (χ3n) is 6.99. The van der Waals surface area contributed by atoms with Gasteiger partial charge in [0.2, 0.25) is 5.91 Å². The molecule has 1 spiro atoms. The van der Waals surface area contributed by atoms with Crippen molar-refractivity contribution in [3.05, 3.63) is 59.5 Å². The molecule has 2 fully saturated rings. The molecule has 2 aliphatic heterocycles. The van der Waals surface area contributed by atoms with E-state index in [1.807, 2.05) is 32.9 Å². The van der Waals surface area contributed by atoms with Gasteiger partial charge in [0.25, 0.3) is 0 Å². The lowest BCUT2D eigenvalue weighted by atomic mass is 9.73. The van der Waals surface area contributed by atoms with Crippen molar-refractivity contribution in [2.24, 2.45) is 5.41 Å². The van der Waals surface area contributed by atoms with Gasteiger partial charge in [-0.3, -0.25) is 4.79 Å². The Morgan fingerprint density at radius 1 is 1.02 bits per heavy atom. The van der Waals surface area contributed by atoms with Gasteiger partial charge < -0.3 is 24.6 Å². The summed E-state index contributed by atoms with van der Waals surface area (Å²) in [5.74, 6) is 0.605. The molecule has 0 radical (unpaired) electrons. The molecule has 10 heteroatoms. The number of likely N-dealkylation sites (tertiary alicyclic amines) is 1. The van der Waals surface area contributed by atoms with Crippen LogP contribution in [0.1, 0.15) is 27.7 Å². The highest BCUT2D eigenvalue weighted by Crippen LogP contribution is 2.44. The molecule has 3 heterocycles. The van der Waals surface area contributed by atoms with Crippen LogP contribution >= 0.6 is 11.6 Å². The molecule has 3 aromatic rings. The summed E-state index contributed by atoms with van der Waals surface area (Å²) in [5, 5.41) is 3.01. The number of nitrogens with zero attached hydrogens (tertiary/aromatic N) is 3. The van der Waals surface area contributed by atoms with Gasteiger partial charge in [-0.25, -0.2) is 14.2 Å². The highest BCUT2D eigenvalue weighted by atomic mass is 35.5. The van der Waals surface area contributed by atoms with Gasteiger partial charge in [0.1, 0.15) is 23.0 Å². The zero-order chi connectivity index (χ0) is 28.8. The number of hydrogen-bond acceptors (Lipinski definition) is 6. The number of nitrogens with one attached hydrogen (secondary N) is 1. The third-order valence-corrected chi connectivity index (χ3v) is 7.30. The summed E-state index contributed by atoms with van der Waals surface area (Å²) in [4.78, 5) is 32.2. The van der Waals surface area contributed by atoms with E-state index >= 15 is 0 Å². The second kappa shape index (κ2) is 10.3. The van der Waals surface area contributed by atoms with Crippen molar-refractivity contribution in [2.45, 2.75) is 33.3 Å². The summed E-state index contributed by atoms with van der Waals surface area (Å²) >= 11 is 6.40. The molecule has 5 rings (SSSR count). The van der Waals surface area contributed by atoms with Crippen molar-refractivity contribution in [1.82, 2.24) is 9.88 Å². The van der Waals surface area contributed by atoms with E-state index < -0.39 is 11.4 Å². The van der Waals surface area contributed by atoms with Crippen LogP contribution in [0, 0.1) is 11.2 Å². The van der Waals surface area contributed by atoms with Crippen LogP contribution in [0.5, 0.6) is 5.75 Å². The molecule has 8 nitrogen and oxygen atoms in total. The van der Waals surface area contributed by atoms with Crippen LogP contribution in [0.25, 0.3) is 22.3 Å². The molecule has 210 valence electrons. The highest BCUT2D eigenvalue weighted by molar-refractivity contribution is 6.34. The maximum Gasteiger partial charge on any atom is 0.410 e. The van der Waals surface area contributed by atoms with Gasteiger partial charge in [-0.05, 0) is 68.3 Å². The van der Waals surface area contributed by atoms with Crippen LogP contribution in [-0.4, -0.2) is 60.8 Å². The minimum atomic E-state index is -0.518. The molecule has 2 amide bonds. The standard InChI is InChI=1S/C30H32ClFN4O4/c1-18(37)34-25-7-6-19(10-24(25)31)22-12-21(32)13-23(27(22)39-5)20-8-9-33-26(11-20)35-14-30(15-35)16-36(17-30)28(38)40-29(2,3)4/h6-13H,14-17H2,1-5H3,(H,34,37). The van der Waals surface area contributed by atoms with Crippen LogP contribution in [0.3, 0.4) is 0 Å². The minimum Gasteiger partial charge on any atom is -0.495 e. The fourth-order valence-corrected chi connectivity index (χ4v) is 5.55. The summed E-state index contributed by atoms with van der Waals surface area (Å²) in [6, 6.07) is 11.7. The van der Waals surface area contributed by atoms with Gasteiger partial charge in [-0.15, -0.1) is 0 Å². The van der Waals surface area contributed by atoms with Gasteiger partial charge in [0.15, 0.2) is 0 Å². The van der Waals surface area contributed by atoms with Crippen LogP contribution in [0.2, 0.25) is 5.02 Å². The number of anilines is 2. The predicted octanol–water partition coefficient (Wildman–Crippen LogP) is 6.23. The van der Waals surface area contributed by atoms with E-state index in [2.05, 4.69) is 15.2 Å². The number of carbonyl (C=O) groups excluding carboxylic acids is 2. The van der Waals surface area contributed by atoms with Crippen molar-refractivity contribution >= 4 is 35.1 Å². The molecular weight excluding hydrogens is 535 g/mol. The van der Waals surface area contributed by atoms with E-state index in [4.69, 9.17) is 21.1 Å². The summed E-state index contributed by atoms with van der Waals surface area (Å²) in [5.41, 5.74) is 2.52. The molecule has 0 saturated carbocycles. The second-order valence-corrected chi connectivity index (χ2v) is 11.9. The number of methoxy groups -OCH3 is 1. The van der Waals surface area contributed by atoms with Crippen LogP contribution in [0.15, 0.2) is 48.7 Å². The Bertz CT molecular complexity index is 1480. The Kier molecular flexibility index (Phi) is 7.12. The van der Waals surface area contributed by atoms with Gasteiger partial charge in [0.05, 0.1) is 17.8 Å². The summed E-state index contributed by atoms with van der Waals surface area (Å²) in [6.45, 7) is 9.84. The number of rotatable bonds is 5. The Hall–Kier alpha value is -3.85. The average molecular weight is 567 g/mol. The number of benzene rings is 2. The largest absolute Gasteiger partial charge is 0.495 e. The van der Waals surface area contributed by atoms with Crippen LogP contribution < -0.4 is 15.0 Å². The first-order chi connectivity index (χ1) is 18.9. The SMILES string of the molecule is COc1c(-c2ccnc(N3CC4(CN(C(=O)OC(C)(C)C)C4)C3)c2)cc(F)cc1-c1ccc(NC(C)=O)c(Cl)c1. The molecule has 1 aromatic heterocycles. The molecule has 0 aliphatic carbocycles. The van der Waals surface area contributed by atoms with Gasteiger partial charge in [0, 0.05) is 55.8 Å². The van der Waals surface area contributed by atoms with Gasteiger partial charge >= 0.3 is 6.09 Å². The maximum absolute atomic E-state index is 14.9. The zero-order valence-corrected chi connectivity index (χ0v) is 23.9. The fraction of sp³-hybridized carbons (Fsp3) is 0.367. The molecule has 2 saturated heterocycles. The Labute approximate surface area is 238 Å². The quantitative estimate of drug-likeness (QED) is 0.394. The van der Waals surface area contributed by atoms with E-state index in [1.165, 1.54) is 19.1 Å². The number of ether oxygens (including phenoxy) is 2. The monoisotopic (exact) mass is 566 g/mol. The lowest BCUT2D eigenvalue weighted by Gasteiger charge is -2.60. The van der Waals surface area contributed by atoms with E-state index in [9.17, 15) is 14.0 Å². The fourth-order valence-electron chi connectivity index (χ4n) is 5.32. The lowest BCUT2D eigenvalue weighted by molar-refractivity contribution is -0.114. The smallest absolute Gasteiger partial charge is 0.410 e. The van der Waals surface area contributed by atoms with Crippen LogP contribution in [0.4, 0.5) is 20.7 Å². The van der Waals surface area contributed by atoms with Crippen molar-refractivity contribution in [3.63, 3.8) is 0 Å². The Morgan fingerprint density at radius 3 is 2.25 bits per heavy atom. The molecular formula is C30H32ClFN4O4. The average Bonchev–Trinajstić information content (AvgIpc) is 2.82. The normalized spacial score (nSPS) is 15.8. The molecule has 2 aliphatic rings. The zero-order valence-electron chi connectivity index (χ0n) is 23.2. The lowest BCUT2D eigenvalue weighted by Crippen LogP contribution is -2.73. The number of amides is 2. The summed E-state index contributed by atoms with van der Waals surface area (Å²) in [6.07, 6.45) is 1.42. The van der Waals surface area contributed by atoms with E-state index in [0.29, 0.717) is 46.2 Å². The van der Waals surface area contributed by atoms with Crippen molar-refractivity contribution in [1.29, 1.82) is 0 Å². The molecule has 0 unspecified atom stereocenters. The summed E-state index contributed by atoms with van der Waals surface area (Å²) < 4.78 is 26.2. The third kappa shape index (κ3) is 5.56. The summed E-state index contributed by atoms with van der Waals surface area (Å²) in [7, 11) is 1.54. The molecule has 0 bridgehead atoms. The van der Waals surface area contributed by atoms with Crippen molar-refractivity contribution < 1.29 is 23.5 Å². The minimum absolute atomic E-state index is 0.0426. The molecule has 2 aromatic carbocycles. The van der Waals surface area contributed by atoms with Crippen molar-refractivity contribution in [2.75, 3.05) is 43.5 Å². The number of hydrogen-bond donors (Lipinski definition) is 1. The number of carbonyl (C=O) groups is 2. The number of pyridine rings is 1. The highest BCUT2D eigenvalue weighted by Gasteiger charge is 2.54. The molecule has 1 N–H and O–H groups in total.